The van der Waals surface area contributed by atoms with E-state index in [0.29, 0.717) is 12.8 Å². The molecule has 0 amide bonds. The Morgan fingerprint density at radius 2 is 1.21 bits per heavy atom. The smallest absolute Gasteiger partial charge is 0.748 e. The predicted molar refractivity (Wildman–Crippen MR) is 95.5 cm³/mol. The first kappa shape index (κ1) is 27.7. The molecule has 0 rings (SSSR count). The number of rotatable bonds is 16. The molecule has 140 valence electrons. The number of hydrogen-bond donors (Lipinski definition) is 1. The Kier molecular flexibility index (Phi) is 20.7. The van der Waals surface area contributed by atoms with Gasteiger partial charge in [-0.15, -0.1) is 0 Å². The molecule has 4 nitrogen and oxygen atoms in total. The maximum absolute atomic E-state index is 11.0. The first-order chi connectivity index (χ1) is 10.9. The fraction of sp³-hybridized carbons (Fsp3) is 1.00. The first-order valence-electron chi connectivity index (χ1n) is 9.54. The van der Waals surface area contributed by atoms with Gasteiger partial charge in [-0.05, 0) is 25.7 Å². The molecule has 0 fully saturated rings. The number of aliphatic hydroxyl groups is 1. The summed E-state index contributed by atoms with van der Waals surface area (Å²) in [6.45, 7) is 3.94. The van der Waals surface area contributed by atoms with Crippen LogP contribution < -0.4 is 51.4 Å². The van der Waals surface area contributed by atoms with E-state index in [4.69, 9.17) is 0 Å². The van der Waals surface area contributed by atoms with E-state index in [0.717, 1.165) is 57.8 Å². The molecule has 6 heteroatoms. The molecule has 0 saturated carbocycles. The van der Waals surface area contributed by atoms with Gasteiger partial charge in [0.15, 0.2) is 0 Å². The van der Waals surface area contributed by atoms with E-state index in [1.807, 2.05) is 0 Å². The topological polar surface area (TPSA) is 77.4 Å². The molecule has 0 aliphatic heterocycles. The van der Waals surface area contributed by atoms with Gasteiger partial charge >= 0.3 is 51.4 Å². The van der Waals surface area contributed by atoms with Crippen LogP contribution in [0.15, 0.2) is 0 Å². The summed E-state index contributed by atoms with van der Waals surface area (Å²) in [7, 11) is -4.11. The van der Waals surface area contributed by atoms with Crippen LogP contribution in [-0.4, -0.2) is 29.4 Å². The molecule has 0 radical (unpaired) electrons. The minimum atomic E-state index is -4.11. The molecule has 1 N–H and O–H groups in total. The predicted octanol–water partition coefficient (Wildman–Crippen LogP) is 1.77. The fourth-order valence-electron chi connectivity index (χ4n) is 2.96. The van der Waals surface area contributed by atoms with Gasteiger partial charge in [-0.2, -0.15) is 0 Å². The summed E-state index contributed by atoms with van der Waals surface area (Å²) >= 11 is 0. The summed E-state index contributed by atoms with van der Waals surface area (Å²) < 4.78 is 32.9. The Balaban J connectivity index is 0. The molecule has 0 spiro atoms. The quantitative estimate of drug-likeness (QED) is 0.248. The zero-order chi connectivity index (χ0) is 17.6. The molecule has 0 heterocycles. The molecule has 0 bridgehead atoms. The average molecular weight is 389 g/mol. The second-order valence-corrected chi connectivity index (χ2v) is 8.38. The van der Waals surface area contributed by atoms with Gasteiger partial charge < -0.3 is 9.66 Å². The Hall–Kier alpha value is 1.51. The van der Waals surface area contributed by atoms with Crippen LogP contribution in [0.3, 0.4) is 0 Å². The SMILES string of the molecule is CCCCCC(O)CCCCCCCCCC(CC)S(=O)(=O)[O-].[K+]. The molecule has 0 aliphatic carbocycles. The molecule has 2 unspecified atom stereocenters. The van der Waals surface area contributed by atoms with Crippen molar-refractivity contribution in [1.82, 2.24) is 0 Å². The summed E-state index contributed by atoms with van der Waals surface area (Å²) in [5.41, 5.74) is 0. The number of unbranched alkanes of at least 4 members (excludes halogenated alkanes) is 8. The second kappa shape index (κ2) is 17.9. The molecular formula is C18H37KO4S. The Morgan fingerprint density at radius 3 is 1.62 bits per heavy atom. The van der Waals surface area contributed by atoms with Crippen LogP contribution >= 0.6 is 0 Å². The van der Waals surface area contributed by atoms with Gasteiger partial charge in [-0.25, -0.2) is 8.42 Å². The van der Waals surface area contributed by atoms with Gasteiger partial charge in [0.25, 0.3) is 0 Å². The third kappa shape index (κ3) is 16.9. The number of hydrogen-bond acceptors (Lipinski definition) is 4. The van der Waals surface area contributed by atoms with E-state index in [-0.39, 0.29) is 57.5 Å². The van der Waals surface area contributed by atoms with Crippen molar-refractivity contribution in [2.24, 2.45) is 0 Å². The Bertz CT molecular complexity index is 360. The third-order valence-electron chi connectivity index (χ3n) is 4.57. The molecule has 24 heavy (non-hydrogen) atoms. The van der Waals surface area contributed by atoms with Crippen LogP contribution in [0.25, 0.3) is 0 Å². The standard InChI is InChI=1S/C18H38O4S.K/c1-3-5-11-14-17(19)15-12-9-7-6-8-10-13-16-18(4-2)23(20,21)22;/h17-19H,3-16H2,1-2H3,(H,20,21,22);/q;+1/p-1. The average Bonchev–Trinajstić information content (AvgIpc) is 2.48. The van der Waals surface area contributed by atoms with Crippen molar-refractivity contribution in [1.29, 1.82) is 0 Å². The largest absolute Gasteiger partial charge is 1.00 e. The summed E-state index contributed by atoms with van der Waals surface area (Å²) in [5.74, 6) is 0. The van der Waals surface area contributed by atoms with Crippen LogP contribution in [-0.2, 0) is 10.1 Å². The second-order valence-electron chi connectivity index (χ2n) is 6.72. The normalized spacial score (nSPS) is 14.2. The molecule has 0 saturated heterocycles. The molecule has 0 aromatic carbocycles. The van der Waals surface area contributed by atoms with Crippen molar-refractivity contribution in [2.45, 2.75) is 115 Å². The maximum Gasteiger partial charge on any atom is 1.00 e. The van der Waals surface area contributed by atoms with Gasteiger partial charge in [-0.3, -0.25) is 0 Å². The third-order valence-corrected chi connectivity index (χ3v) is 5.95. The van der Waals surface area contributed by atoms with E-state index in [1.54, 1.807) is 6.92 Å². The molecule has 0 aromatic rings. The van der Waals surface area contributed by atoms with Crippen molar-refractivity contribution in [2.75, 3.05) is 0 Å². The minimum absolute atomic E-state index is 0. The van der Waals surface area contributed by atoms with Crippen LogP contribution in [0.4, 0.5) is 0 Å². The van der Waals surface area contributed by atoms with Gasteiger partial charge in [0.05, 0.1) is 16.2 Å². The molecule has 0 aromatic heterocycles. The fourth-order valence-corrected chi connectivity index (χ4v) is 3.83. The molecule has 2 atom stereocenters. The van der Waals surface area contributed by atoms with Crippen molar-refractivity contribution in [3.63, 3.8) is 0 Å². The van der Waals surface area contributed by atoms with Gasteiger partial charge in [-0.1, -0.05) is 78.1 Å². The van der Waals surface area contributed by atoms with E-state index in [9.17, 15) is 18.1 Å². The summed E-state index contributed by atoms with van der Waals surface area (Å²) in [4.78, 5) is 0. The molecular weight excluding hydrogens is 351 g/mol. The van der Waals surface area contributed by atoms with Crippen molar-refractivity contribution in [3.05, 3.63) is 0 Å². The zero-order valence-electron chi connectivity index (χ0n) is 16.1. The van der Waals surface area contributed by atoms with Gasteiger partial charge in [0.2, 0.25) is 0 Å². The van der Waals surface area contributed by atoms with E-state index < -0.39 is 15.4 Å². The summed E-state index contributed by atoms with van der Waals surface area (Å²) in [5, 5.41) is 9.12. The number of aliphatic hydroxyl groups excluding tert-OH is 1. The van der Waals surface area contributed by atoms with Crippen molar-refractivity contribution < 1.29 is 69.5 Å². The van der Waals surface area contributed by atoms with E-state index in [1.165, 1.54) is 19.3 Å². The van der Waals surface area contributed by atoms with E-state index >= 15 is 0 Å². The Morgan fingerprint density at radius 1 is 0.792 bits per heavy atom. The first-order valence-corrected chi connectivity index (χ1v) is 11.0. The minimum Gasteiger partial charge on any atom is -0.748 e. The monoisotopic (exact) mass is 388 g/mol. The summed E-state index contributed by atoms with van der Waals surface area (Å²) in [6.07, 6.45) is 13.8. The summed E-state index contributed by atoms with van der Waals surface area (Å²) in [6, 6.07) is 0. The van der Waals surface area contributed by atoms with Crippen LogP contribution in [0.5, 0.6) is 0 Å². The van der Waals surface area contributed by atoms with Gasteiger partial charge in [0, 0.05) is 5.25 Å². The van der Waals surface area contributed by atoms with Gasteiger partial charge in [0.1, 0.15) is 0 Å². The molecule has 0 aliphatic rings. The maximum atomic E-state index is 11.0. The van der Waals surface area contributed by atoms with Crippen LogP contribution in [0.2, 0.25) is 0 Å². The van der Waals surface area contributed by atoms with E-state index in [2.05, 4.69) is 6.92 Å². The van der Waals surface area contributed by atoms with Crippen LogP contribution in [0, 0.1) is 0 Å². The van der Waals surface area contributed by atoms with Crippen molar-refractivity contribution >= 4 is 10.1 Å². The Labute approximate surface area is 192 Å². The zero-order valence-corrected chi connectivity index (χ0v) is 20.1. The van der Waals surface area contributed by atoms with Crippen LogP contribution in [0.1, 0.15) is 104 Å². The van der Waals surface area contributed by atoms with Crippen molar-refractivity contribution in [3.8, 4) is 0 Å².